The van der Waals surface area contributed by atoms with Crippen LogP contribution in [0.2, 0.25) is 0 Å². The van der Waals surface area contributed by atoms with Crippen LogP contribution in [0.1, 0.15) is 22.3 Å². The van der Waals surface area contributed by atoms with Crippen molar-refractivity contribution < 1.29 is 28.5 Å². The van der Waals surface area contributed by atoms with Gasteiger partial charge in [0.1, 0.15) is 5.75 Å². The number of Topliss-reactive ketones (excluding diaryl/α,β-unsaturated/α-hetero) is 1. The topological polar surface area (TPSA) is 94.8 Å². The van der Waals surface area contributed by atoms with Gasteiger partial charge in [-0.05, 0) is 42.5 Å². The lowest BCUT2D eigenvalue weighted by molar-refractivity contribution is -0.144. The third kappa shape index (κ3) is 4.98. The second-order valence-corrected chi connectivity index (χ2v) is 5.72. The van der Waals surface area contributed by atoms with Crippen LogP contribution in [0.5, 0.6) is 17.2 Å². The van der Waals surface area contributed by atoms with E-state index < -0.39 is 12.6 Å². The Balaban J connectivity index is 1.49. The molecule has 0 radical (unpaired) electrons. The molecular formula is C20H17NO6. The number of fused-ring (bicyclic) bond motifs is 1. The highest BCUT2D eigenvalue weighted by Gasteiger charge is 2.15. The molecule has 1 aliphatic rings. The average Bonchev–Trinajstić information content (AvgIpc) is 2.95. The highest BCUT2D eigenvalue weighted by Crippen LogP contribution is 2.30. The summed E-state index contributed by atoms with van der Waals surface area (Å²) in [6.45, 7) is 0.360. The molecule has 0 unspecified atom stereocenters. The van der Waals surface area contributed by atoms with Gasteiger partial charge in [0.05, 0.1) is 24.8 Å². The van der Waals surface area contributed by atoms with Gasteiger partial charge in [0.15, 0.2) is 30.5 Å². The predicted octanol–water partition coefficient (Wildman–Crippen LogP) is 2.52. The Morgan fingerprint density at radius 2 is 1.74 bits per heavy atom. The first kappa shape index (κ1) is 18.3. The monoisotopic (exact) mass is 367 g/mol. The second kappa shape index (κ2) is 8.72. The molecule has 0 fully saturated rings. The Kier molecular flexibility index (Phi) is 5.90. The summed E-state index contributed by atoms with van der Waals surface area (Å²) < 4.78 is 21.3. The number of ether oxygens (including phenoxy) is 4. The fourth-order valence-electron chi connectivity index (χ4n) is 2.38. The Morgan fingerprint density at radius 1 is 1.00 bits per heavy atom. The highest BCUT2D eigenvalue weighted by atomic mass is 16.6. The molecule has 138 valence electrons. The number of esters is 1. The predicted molar refractivity (Wildman–Crippen MR) is 94.0 cm³/mol. The van der Waals surface area contributed by atoms with Crippen LogP contribution in [0.3, 0.4) is 0 Å². The van der Waals surface area contributed by atoms with Crippen molar-refractivity contribution in [3.05, 3.63) is 53.6 Å². The van der Waals surface area contributed by atoms with Crippen LogP contribution >= 0.6 is 0 Å². The van der Waals surface area contributed by atoms with Gasteiger partial charge >= 0.3 is 5.97 Å². The highest BCUT2D eigenvalue weighted by molar-refractivity contribution is 5.98. The molecule has 0 aromatic heterocycles. The summed E-state index contributed by atoms with van der Waals surface area (Å²) in [7, 11) is 0. The van der Waals surface area contributed by atoms with Crippen molar-refractivity contribution >= 4 is 11.8 Å². The number of carbonyl (C=O) groups excluding carboxylic acids is 2. The molecule has 0 bridgehead atoms. The standard InChI is InChI=1S/C20H17NO6/c21-11-14-2-5-16(6-3-14)26-13-20(23)27-12-17(22)15-4-7-18-19(10-15)25-9-1-8-24-18/h2-7,10H,1,8-9,12-13H2. The fraction of sp³-hybridized carbons (Fsp3) is 0.250. The third-order valence-corrected chi connectivity index (χ3v) is 3.77. The van der Waals surface area contributed by atoms with Gasteiger partial charge in [0, 0.05) is 12.0 Å². The van der Waals surface area contributed by atoms with Crippen molar-refractivity contribution in [2.45, 2.75) is 6.42 Å². The van der Waals surface area contributed by atoms with Crippen molar-refractivity contribution in [1.82, 2.24) is 0 Å². The molecule has 0 saturated heterocycles. The lowest BCUT2D eigenvalue weighted by Crippen LogP contribution is -2.19. The minimum atomic E-state index is -0.665. The zero-order valence-electron chi connectivity index (χ0n) is 14.5. The SMILES string of the molecule is N#Cc1ccc(OCC(=O)OCC(=O)c2ccc3c(c2)OCCCO3)cc1. The van der Waals surface area contributed by atoms with Gasteiger partial charge in [0.2, 0.25) is 0 Å². The van der Waals surface area contributed by atoms with Crippen molar-refractivity contribution in [2.24, 2.45) is 0 Å². The van der Waals surface area contributed by atoms with Crippen LogP contribution in [0.4, 0.5) is 0 Å². The van der Waals surface area contributed by atoms with Crippen molar-refractivity contribution in [1.29, 1.82) is 5.26 Å². The molecule has 27 heavy (non-hydrogen) atoms. The van der Waals surface area contributed by atoms with Gasteiger partial charge in [-0.2, -0.15) is 5.26 Å². The van der Waals surface area contributed by atoms with E-state index in [0.717, 1.165) is 6.42 Å². The Morgan fingerprint density at radius 3 is 2.48 bits per heavy atom. The molecule has 2 aromatic rings. The van der Waals surface area contributed by atoms with Gasteiger partial charge in [-0.25, -0.2) is 4.79 Å². The summed E-state index contributed by atoms with van der Waals surface area (Å²) in [6.07, 6.45) is 0.773. The number of nitriles is 1. The van der Waals surface area contributed by atoms with Crippen molar-refractivity contribution in [3.8, 4) is 23.3 Å². The number of benzene rings is 2. The van der Waals surface area contributed by atoms with Crippen molar-refractivity contribution in [3.63, 3.8) is 0 Å². The lowest BCUT2D eigenvalue weighted by atomic mass is 10.1. The molecule has 2 aromatic carbocycles. The number of ketones is 1. The number of hydrogen-bond donors (Lipinski definition) is 0. The van der Waals surface area contributed by atoms with Crippen LogP contribution in [-0.2, 0) is 9.53 Å². The van der Waals surface area contributed by atoms with E-state index in [1.165, 1.54) is 0 Å². The van der Waals surface area contributed by atoms with Crippen LogP contribution in [0.25, 0.3) is 0 Å². The minimum Gasteiger partial charge on any atom is -0.490 e. The van der Waals surface area contributed by atoms with Gasteiger partial charge in [0.25, 0.3) is 0 Å². The average molecular weight is 367 g/mol. The number of rotatable bonds is 6. The molecule has 0 spiro atoms. The summed E-state index contributed by atoms with van der Waals surface area (Å²) in [5.41, 5.74) is 0.866. The number of hydrogen-bond acceptors (Lipinski definition) is 7. The van der Waals surface area contributed by atoms with E-state index in [2.05, 4.69) is 0 Å². The summed E-state index contributed by atoms with van der Waals surface area (Å²) in [6, 6.07) is 13.2. The Bertz CT molecular complexity index is 869. The maximum absolute atomic E-state index is 12.2. The number of nitrogens with zero attached hydrogens (tertiary/aromatic N) is 1. The van der Waals surface area contributed by atoms with E-state index in [4.69, 9.17) is 24.2 Å². The first-order valence-corrected chi connectivity index (χ1v) is 8.37. The minimum absolute atomic E-state index is 0.333. The molecule has 0 amide bonds. The molecule has 0 saturated carbocycles. The zero-order valence-corrected chi connectivity index (χ0v) is 14.5. The van der Waals surface area contributed by atoms with Gasteiger partial charge in [-0.3, -0.25) is 4.79 Å². The van der Waals surface area contributed by atoms with Gasteiger partial charge in [-0.15, -0.1) is 0 Å². The first-order valence-electron chi connectivity index (χ1n) is 8.37. The maximum Gasteiger partial charge on any atom is 0.344 e. The largest absolute Gasteiger partial charge is 0.490 e. The third-order valence-electron chi connectivity index (χ3n) is 3.77. The Hall–Kier alpha value is -3.53. The summed E-state index contributed by atoms with van der Waals surface area (Å²) >= 11 is 0. The van der Waals surface area contributed by atoms with Crippen LogP contribution in [0.15, 0.2) is 42.5 Å². The molecule has 3 rings (SSSR count). The second-order valence-electron chi connectivity index (χ2n) is 5.72. The number of carbonyl (C=O) groups is 2. The summed E-state index contributed by atoms with van der Waals surface area (Å²) in [4.78, 5) is 24.0. The molecule has 0 atom stereocenters. The van der Waals surface area contributed by atoms with Gasteiger partial charge < -0.3 is 18.9 Å². The van der Waals surface area contributed by atoms with E-state index in [0.29, 0.717) is 41.6 Å². The molecule has 7 nitrogen and oxygen atoms in total. The smallest absolute Gasteiger partial charge is 0.344 e. The fourth-order valence-corrected chi connectivity index (χ4v) is 2.38. The molecule has 1 aliphatic heterocycles. The molecule has 1 heterocycles. The maximum atomic E-state index is 12.2. The molecular weight excluding hydrogens is 350 g/mol. The van der Waals surface area contributed by atoms with E-state index in [1.807, 2.05) is 6.07 Å². The normalized spacial score (nSPS) is 12.4. The van der Waals surface area contributed by atoms with Crippen LogP contribution in [-0.4, -0.2) is 38.2 Å². The zero-order chi connectivity index (χ0) is 19.1. The van der Waals surface area contributed by atoms with E-state index in [9.17, 15) is 9.59 Å². The molecule has 7 heteroatoms. The van der Waals surface area contributed by atoms with Crippen LogP contribution in [0, 0.1) is 11.3 Å². The van der Waals surface area contributed by atoms with E-state index >= 15 is 0 Å². The molecule has 0 aliphatic carbocycles. The first-order chi connectivity index (χ1) is 13.2. The molecule has 0 N–H and O–H groups in total. The summed E-state index contributed by atoms with van der Waals surface area (Å²) in [5, 5.41) is 8.73. The summed E-state index contributed by atoms with van der Waals surface area (Å²) in [5.74, 6) is 0.519. The van der Waals surface area contributed by atoms with Crippen molar-refractivity contribution in [2.75, 3.05) is 26.4 Å². The quantitative estimate of drug-likeness (QED) is 0.572. The van der Waals surface area contributed by atoms with E-state index in [-0.39, 0.29) is 12.4 Å². The Labute approximate surface area is 156 Å². The lowest BCUT2D eigenvalue weighted by Gasteiger charge is -2.09. The van der Waals surface area contributed by atoms with E-state index in [1.54, 1.807) is 42.5 Å². The van der Waals surface area contributed by atoms with Gasteiger partial charge in [-0.1, -0.05) is 0 Å². The van der Waals surface area contributed by atoms with Crippen LogP contribution < -0.4 is 14.2 Å².